The van der Waals surface area contributed by atoms with E-state index in [1.165, 1.54) is 5.56 Å². The Balaban J connectivity index is 1.42. The molecule has 2 aromatic heterocycles. The molecule has 140 valence electrons. The van der Waals surface area contributed by atoms with Crippen LogP contribution < -0.4 is 5.32 Å². The third kappa shape index (κ3) is 2.99. The van der Waals surface area contributed by atoms with E-state index in [0.29, 0.717) is 26.7 Å². The molecule has 2 heterocycles. The predicted molar refractivity (Wildman–Crippen MR) is 109 cm³/mol. The van der Waals surface area contributed by atoms with Crippen LogP contribution in [0.15, 0.2) is 36.7 Å². The molecule has 0 saturated heterocycles. The second-order valence-corrected chi connectivity index (χ2v) is 8.33. The van der Waals surface area contributed by atoms with Gasteiger partial charge in [0.15, 0.2) is 20.8 Å². The van der Waals surface area contributed by atoms with Crippen molar-refractivity contribution in [2.75, 3.05) is 11.9 Å². The fourth-order valence-electron chi connectivity index (χ4n) is 4.30. The van der Waals surface area contributed by atoms with Gasteiger partial charge in [0, 0.05) is 29.1 Å². The van der Waals surface area contributed by atoms with Crippen LogP contribution >= 0.6 is 22.6 Å². The lowest BCUT2D eigenvalue weighted by Gasteiger charge is -2.22. The Morgan fingerprint density at radius 3 is 2.67 bits per heavy atom. The molecule has 2 aliphatic rings. The van der Waals surface area contributed by atoms with Gasteiger partial charge in [0.05, 0.1) is 18.5 Å². The van der Waals surface area contributed by atoms with Gasteiger partial charge < -0.3 is 20.1 Å². The van der Waals surface area contributed by atoms with Crippen molar-refractivity contribution in [2.45, 2.75) is 31.1 Å². The van der Waals surface area contributed by atoms with E-state index in [9.17, 15) is 10.2 Å². The molecule has 0 spiro atoms. The Kier molecular flexibility index (Phi) is 4.29. The monoisotopic (exact) mass is 477 g/mol. The number of imidazole rings is 1. The molecule has 0 amide bonds. The first-order valence-electron chi connectivity index (χ1n) is 9.17. The molecule has 0 aliphatic heterocycles. The molecule has 2 fully saturated rings. The van der Waals surface area contributed by atoms with Gasteiger partial charge >= 0.3 is 0 Å². The molecule has 0 bridgehead atoms. The third-order valence-electron chi connectivity index (χ3n) is 5.73. The zero-order chi connectivity index (χ0) is 18.5. The lowest BCUT2D eigenvalue weighted by molar-refractivity contribution is 0.00386. The molecule has 2 aliphatic carbocycles. The zero-order valence-corrected chi connectivity index (χ0v) is 16.7. The summed E-state index contributed by atoms with van der Waals surface area (Å²) in [4.78, 5) is 13.6. The van der Waals surface area contributed by atoms with Gasteiger partial charge in [-0.05, 0) is 30.2 Å². The summed E-state index contributed by atoms with van der Waals surface area (Å²) in [7, 11) is 0. The lowest BCUT2D eigenvalue weighted by Crippen LogP contribution is -2.31. The number of aliphatic hydroxyl groups excluding tert-OH is 2. The number of aromatic nitrogens is 4. The van der Waals surface area contributed by atoms with Gasteiger partial charge in [0.2, 0.25) is 0 Å². The second kappa shape index (κ2) is 6.68. The Bertz CT molecular complexity index is 979. The largest absolute Gasteiger partial charge is 0.390 e. The van der Waals surface area contributed by atoms with Crippen LogP contribution in [0.1, 0.15) is 18.0 Å². The molecule has 27 heavy (non-hydrogen) atoms. The second-order valence-electron chi connectivity index (χ2n) is 7.36. The first kappa shape index (κ1) is 17.3. The number of aliphatic hydroxyl groups is 2. The van der Waals surface area contributed by atoms with Gasteiger partial charge in [0.25, 0.3) is 0 Å². The zero-order valence-electron chi connectivity index (χ0n) is 14.5. The van der Waals surface area contributed by atoms with Crippen LogP contribution in [0.3, 0.4) is 0 Å². The van der Waals surface area contributed by atoms with Crippen LogP contribution in [0.25, 0.3) is 11.2 Å². The summed E-state index contributed by atoms with van der Waals surface area (Å²) in [6.07, 6.45) is 2.14. The Morgan fingerprint density at radius 2 is 1.93 bits per heavy atom. The van der Waals surface area contributed by atoms with Crippen molar-refractivity contribution >= 4 is 39.6 Å². The Labute approximate surface area is 170 Å². The molecular formula is C19H20IN5O2. The van der Waals surface area contributed by atoms with Crippen molar-refractivity contribution in [1.29, 1.82) is 0 Å². The molecular weight excluding hydrogens is 457 g/mol. The summed E-state index contributed by atoms with van der Waals surface area (Å²) in [5.74, 6) is 1.21. The summed E-state index contributed by atoms with van der Waals surface area (Å²) in [5, 5.41) is 24.0. The third-order valence-corrected chi connectivity index (χ3v) is 6.22. The smallest absolute Gasteiger partial charge is 0.194 e. The number of rotatable bonds is 5. The molecule has 3 aromatic rings. The van der Waals surface area contributed by atoms with Gasteiger partial charge in [-0.2, -0.15) is 0 Å². The van der Waals surface area contributed by atoms with Gasteiger partial charge in [-0.25, -0.2) is 15.0 Å². The number of hydrogen-bond acceptors (Lipinski definition) is 6. The molecule has 2 saturated carbocycles. The first-order chi connectivity index (χ1) is 13.1. The standard InChI is InChI=1S/C19H20IN5O2/c20-19-23-17(21-7-6-10-4-2-1-3-5-10)13-18(24-19)25(9-22-13)14-11-8-12(11)15(26)16(14)27/h1-5,9,11-12,14-16,26-27H,6-8H2,(H,21,23,24)/t11-,12+,14+,15+,16-/m0/s1. The fraction of sp³-hybridized carbons (Fsp3) is 0.421. The maximum absolute atomic E-state index is 10.4. The molecule has 8 heteroatoms. The molecule has 3 N–H and O–H groups in total. The van der Waals surface area contributed by atoms with Crippen molar-refractivity contribution < 1.29 is 10.2 Å². The maximum Gasteiger partial charge on any atom is 0.194 e. The van der Waals surface area contributed by atoms with E-state index in [2.05, 4.69) is 55.0 Å². The minimum Gasteiger partial charge on any atom is -0.390 e. The van der Waals surface area contributed by atoms with Crippen LogP contribution in [-0.2, 0) is 6.42 Å². The molecule has 5 atom stereocenters. The quantitative estimate of drug-likeness (QED) is 0.385. The summed E-state index contributed by atoms with van der Waals surface area (Å²) in [6, 6.07) is 10.1. The average molecular weight is 477 g/mol. The normalized spacial score (nSPS) is 29.1. The Hall–Kier alpha value is -1.78. The SMILES string of the molecule is O[C@@H]1[C@H](O)[C@@H]2C[C@@H]2[C@H]1n1cnc2c(NCCc3ccccc3)nc(I)nc21. The predicted octanol–water partition coefficient (Wildman–Crippen LogP) is 2.00. The number of benzene rings is 1. The number of nitrogens with zero attached hydrogens (tertiary/aromatic N) is 4. The van der Waals surface area contributed by atoms with E-state index in [1.54, 1.807) is 6.33 Å². The molecule has 0 radical (unpaired) electrons. The minimum atomic E-state index is -0.770. The lowest BCUT2D eigenvalue weighted by atomic mass is 10.1. The van der Waals surface area contributed by atoms with E-state index < -0.39 is 12.2 Å². The van der Waals surface area contributed by atoms with Crippen molar-refractivity contribution in [1.82, 2.24) is 19.5 Å². The summed E-state index contributed by atoms with van der Waals surface area (Å²) >= 11 is 2.10. The topological polar surface area (TPSA) is 96.1 Å². The van der Waals surface area contributed by atoms with Crippen LogP contribution in [0.4, 0.5) is 5.82 Å². The highest BCUT2D eigenvalue weighted by atomic mass is 127. The minimum absolute atomic E-state index is 0.169. The summed E-state index contributed by atoms with van der Waals surface area (Å²) in [5.41, 5.74) is 2.67. The number of nitrogens with one attached hydrogen (secondary N) is 1. The Morgan fingerprint density at radius 1 is 1.11 bits per heavy atom. The van der Waals surface area contributed by atoms with E-state index >= 15 is 0 Å². The highest BCUT2D eigenvalue weighted by Gasteiger charge is 2.60. The molecule has 5 rings (SSSR count). The first-order valence-corrected chi connectivity index (χ1v) is 10.3. The van der Waals surface area contributed by atoms with E-state index in [-0.39, 0.29) is 12.0 Å². The number of anilines is 1. The highest BCUT2D eigenvalue weighted by Crippen LogP contribution is 2.57. The van der Waals surface area contributed by atoms with Crippen LogP contribution in [0.2, 0.25) is 0 Å². The van der Waals surface area contributed by atoms with Crippen LogP contribution in [-0.4, -0.2) is 48.5 Å². The van der Waals surface area contributed by atoms with Crippen molar-refractivity contribution in [3.05, 3.63) is 46.1 Å². The van der Waals surface area contributed by atoms with Gasteiger partial charge in [0.1, 0.15) is 6.10 Å². The van der Waals surface area contributed by atoms with E-state index in [4.69, 9.17) is 0 Å². The maximum atomic E-state index is 10.4. The molecule has 1 aromatic carbocycles. The van der Waals surface area contributed by atoms with Crippen molar-refractivity contribution in [2.24, 2.45) is 11.8 Å². The average Bonchev–Trinajstić information content (AvgIpc) is 3.28. The van der Waals surface area contributed by atoms with E-state index in [0.717, 1.165) is 19.4 Å². The van der Waals surface area contributed by atoms with Gasteiger partial charge in [-0.1, -0.05) is 30.3 Å². The number of halogens is 1. The van der Waals surface area contributed by atoms with E-state index in [1.807, 2.05) is 22.8 Å². The van der Waals surface area contributed by atoms with Crippen LogP contribution in [0, 0.1) is 15.7 Å². The van der Waals surface area contributed by atoms with Gasteiger partial charge in [-0.3, -0.25) is 0 Å². The van der Waals surface area contributed by atoms with Crippen molar-refractivity contribution in [3.8, 4) is 0 Å². The molecule has 7 nitrogen and oxygen atoms in total. The van der Waals surface area contributed by atoms with Crippen molar-refractivity contribution in [3.63, 3.8) is 0 Å². The summed E-state index contributed by atoms with van der Waals surface area (Å²) < 4.78 is 2.55. The number of hydrogen-bond donors (Lipinski definition) is 3. The summed E-state index contributed by atoms with van der Waals surface area (Å²) in [6.45, 7) is 0.745. The van der Waals surface area contributed by atoms with Gasteiger partial charge in [-0.15, -0.1) is 0 Å². The van der Waals surface area contributed by atoms with Crippen LogP contribution in [0.5, 0.6) is 0 Å². The molecule has 0 unspecified atom stereocenters. The number of fused-ring (bicyclic) bond motifs is 2. The highest BCUT2D eigenvalue weighted by molar-refractivity contribution is 14.1. The fourth-order valence-corrected chi connectivity index (χ4v) is 4.77.